The third kappa shape index (κ3) is 2.55. The Hall–Kier alpha value is -2.76. The Labute approximate surface area is 123 Å². The van der Waals surface area contributed by atoms with Crippen LogP contribution in [0.5, 0.6) is 0 Å². The highest BCUT2D eigenvalue weighted by molar-refractivity contribution is 6.09. The van der Waals surface area contributed by atoms with E-state index in [0.29, 0.717) is 0 Å². The molecule has 2 heterocycles. The van der Waals surface area contributed by atoms with Crippen molar-refractivity contribution in [3.05, 3.63) is 71.7 Å². The van der Waals surface area contributed by atoms with Crippen molar-refractivity contribution in [2.24, 2.45) is 0 Å². The average Bonchev–Trinajstić information content (AvgIpc) is 2.53. The van der Waals surface area contributed by atoms with Crippen LogP contribution in [0.1, 0.15) is 21.6 Å². The summed E-state index contributed by atoms with van der Waals surface area (Å²) in [5.74, 6) is -0.382. The van der Waals surface area contributed by atoms with Gasteiger partial charge in [0.15, 0.2) is 0 Å². The summed E-state index contributed by atoms with van der Waals surface area (Å²) < 4.78 is 38.8. The molecule has 0 atom stereocenters. The van der Waals surface area contributed by atoms with Crippen LogP contribution in [-0.4, -0.2) is 15.8 Å². The predicted molar refractivity (Wildman–Crippen MR) is 74.4 cm³/mol. The first-order valence-corrected chi connectivity index (χ1v) is 6.38. The fourth-order valence-electron chi connectivity index (χ4n) is 2.16. The van der Waals surface area contributed by atoms with E-state index >= 15 is 0 Å². The average molecular weight is 302 g/mol. The van der Waals surface area contributed by atoms with E-state index in [4.69, 9.17) is 0 Å². The van der Waals surface area contributed by atoms with Crippen molar-refractivity contribution in [3.8, 4) is 0 Å². The number of carbonyl (C=O) groups is 1. The number of halogens is 3. The summed E-state index contributed by atoms with van der Waals surface area (Å²) in [5, 5.41) is 0.261. The third-order valence-electron chi connectivity index (χ3n) is 3.18. The highest BCUT2D eigenvalue weighted by atomic mass is 19.4. The van der Waals surface area contributed by atoms with Gasteiger partial charge in [0.2, 0.25) is 5.78 Å². The molecule has 1 aromatic carbocycles. The maximum atomic E-state index is 12.9. The summed E-state index contributed by atoms with van der Waals surface area (Å²) >= 11 is 0. The van der Waals surface area contributed by atoms with Crippen molar-refractivity contribution in [1.82, 2.24) is 9.97 Å². The van der Waals surface area contributed by atoms with Gasteiger partial charge in [0.25, 0.3) is 0 Å². The van der Waals surface area contributed by atoms with Crippen molar-refractivity contribution >= 4 is 16.7 Å². The molecule has 3 aromatic rings. The van der Waals surface area contributed by atoms with E-state index in [9.17, 15) is 18.0 Å². The fraction of sp³-hybridized carbons (Fsp3) is 0.0625. The van der Waals surface area contributed by atoms with Gasteiger partial charge in [-0.3, -0.25) is 14.8 Å². The number of carbonyl (C=O) groups excluding carboxylic acids is 1. The Balaban J connectivity index is 2.10. The first-order chi connectivity index (χ1) is 10.5. The van der Waals surface area contributed by atoms with Crippen molar-refractivity contribution in [2.75, 3.05) is 0 Å². The minimum atomic E-state index is -4.49. The highest BCUT2D eigenvalue weighted by Crippen LogP contribution is 2.33. The zero-order valence-electron chi connectivity index (χ0n) is 11.1. The highest BCUT2D eigenvalue weighted by Gasteiger charge is 2.33. The second-order valence-electron chi connectivity index (χ2n) is 4.64. The third-order valence-corrected chi connectivity index (χ3v) is 3.18. The van der Waals surface area contributed by atoms with E-state index in [1.54, 1.807) is 18.2 Å². The summed E-state index contributed by atoms with van der Waals surface area (Å²) in [7, 11) is 0. The minimum Gasteiger partial charge on any atom is -0.287 e. The summed E-state index contributed by atoms with van der Waals surface area (Å²) in [5.41, 5.74) is -0.574. The first kappa shape index (κ1) is 14.2. The molecule has 0 aliphatic rings. The molecule has 0 fully saturated rings. The number of hydrogen-bond donors (Lipinski definition) is 0. The predicted octanol–water partition coefficient (Wildman–Crippen LogP) is 3.88. The van der Waals surface area contributed by atoms with Gasteiger partial charge in [-0.05, 0) is 24.3 Å². The Morgan fingerprint density at radius 2 is 1.82 bits per heavy atom. The lowest BCUT2D eigenvalue weighted by molar-refractivity contribution is -0.136. The van der Waals surface area contributed by atoms with E-state index in [-0.39, 0.29) is 27.9 Å². The van der Waals surface area contributed by atoms with Crippen molar-refractivity contribution in [2.45, 2.75) is 6.18 Å². The lowest BCUT2D eigenvalue weighted by atomic mass is 10.0. The number of benzene rings is 1. The Kier molecular flexibility index (Phi) is 3.36. The van der Waals surface area contributed by atoms with Gasteiger partial charge < -0.3 is 0 Å². The molecule has 0 amide bonds. The molecule has 0 bridgehead atoms. The van der Waals surface area contributed by atoms with E-state index < -0.39 is 11.7 Å². The van der Waals surface area contributed by atoms with Gasteiger partial charge in [-0.1, -0.05) is 18.2 Å². The molecule has 0 unspecified atom stereocenters. The van der Waals surface area contributed by atoms with Crippen molar-refractivity contribution in [1.29, 1.82) is 0 Å². The number of rotatable bonds is 2. The maximum Gasteiger partial charge on any atom is 0.418 e. The summed E-state index contributed by atoms with van der Waals surface area (Å²) in [6, 6.07) is 10.0. The molecule has 0 spiro atoms. The number of nitrogens with zero attached hydrogens (tertiary/aromatic N) is 2. The van der Waals surface area contributed by atoms with Crippen LogP contribution in [0.2, 0.25) is 0 Å². The summed E-state index contributed by atoms with van der Waals surface area (Å²) in [4.78, 5) is 20.0. The maximum absolute atomic E-state index is 12.9. The van der Waals surface area contributed by atoms with Crippen molar-refractivity contribution < 1.29 is 18.0 Å². The SMILES string of the molecule is O=C(c1cnc2c(C(F)(F)F)cccc2c1)c1ccccn1. The quantitative estimate of drug-likeness (QED) is 0.675. The second-order valence-corrected chi connectivity index (χ2v) is 4.64. The Morgan fingerprint density at radius 3 is 2.50 bits per heavy atom. The van der Waals surface area contributed by atoms with Gasteiger partial charge in [-0.15, -0.1) is 0 Å². The lowest BCUT2D eigenvalue weighted by Crippen LogP contribution is -2.08. The topological polar surface area (TPSA) is 42.9 Å². The van der Waals surface area contributed by atoms with Crippen LogP contribution in [0.15, 0.2) is 54.9 Å². The Bertz CT molecular complexity index is 845. The number of pyridine rings is 2. The normalized spacial score (nSPS) is 11.6. The molecule has 22 heavy (non-hydrogen) atoms. The van der Waals surface area contributed by atoms with Gasteiger partial charge in [0.05, 0.1) is 11.1 Å². The smallest absolute Gasteiger partial charge is 0.287 e. The number of aromatic nitrogens is 2. The molecule has 0 aliphatic heterocycles. The van der Waals surface area contributed by atoms with Crippen LogP contribution < -0.4 is 0 Å². The molecule has 0 saturated heterocycles. The zero-order valence-corrected chi connectivity index (χ0v) is 11.1. The monoisotopic (exact) mass is 302 g/mol. The Morgan fingerprint density at radius 1 is 1.00 bits per heavy atom. The van der Waals surface area contributed by atoms with Crippen molar-refractivity contribution in [3.63, 3.8) is 0 Å². The number of para-hydroxylation sites is 1. The van der Waals surface area contributed by atoms with Crippen LogP contribution in [0.3, 0.4) is 0 Å². The molecule has 0 saturated carbocycles. The van der Waals surface area contributed by atoms with Gasteiger partial charge in [0.1, 0.15) is 5.69 Å². The summed E-state index contributed by atoms with van der Waals surface area (Å²) in [6.07, 6.45) is -1.86. The van der Waals surface area contributed by atoms with Crippen LogP contribution in [0.25, 0.3) is 10.9 Å². The van der Waals surface area contributed by atoms with E-state index in [2.05, 4.69) is 9.97 Å². The minimum absolute atomic E-state index is 0.174. The molecular formula is C16H9F3N2O. The number of alkyl halides is 3. The van der Waals surface area contributed by atoms with E-state index in [1.807, 2.05) is 0 Å². The van der Waals surface area contributed by atoms with Crippen LogP contribution in [0.4, 0.5) is 13.2 Å². The number of hydrogen-bond acceptors (Lipinski definition) is 3. The van der Waals surface area contributed by atoms with Gasteiger partial charge >= 0.3 is 6.18 Å². The number of fused-ring (bicyclic) bond motifs is 1. The molecular weight excluding hydrogens is 293 g/mol. The number of ketones is 1. The molecule has 2 aromatic heterocycles. The van der Waals surface area contributed by atoms with Crippen LogP contribution in [0, 0.1) is 0 Å². The molecule has 0 aliphatic carbocycles. The fourth-order valence-corrected chi connectivity index (χ4v) is 2.16. The van der Waals surface area contributed by atoms with Gasteiger partial charge in [-0.2, -0.15) is 13.2 Å². The zero-order chi connectivity index (χ0) is 15.7. The molecule has 110 valence electrons. The van der Waals surface area contributed by atoms with Crippen LogP contribution in [-0.2, 0) is 6.18 Å². The molecule has 3 nitrogen and oxygen atoms in total. The first-order valence-electron chi connectivity index (χ1n) is 6.38. The second kappa shape index (κ2) is 5.22. The molecule has 3 rings (SSSR count). The lowest BCUT2D eigenvalue weighted by Gasteiger charge is -2.10. The van der Waals surface area contributed by atoms with E-state index in [1.165, 1.54) is 24.4 Å². The van der Waals surface area contributed by atoms with E-state index in [0.717, 1.165) is 12.3 Å². The van der Waals surface area contributed by atoms with Gasteiger partial charge in [0, 0.05) is 23.3 Å². The largest absolute Gasteiger partial charge is 0.418 e. The molecule has 6 heteroatoms. The van der Waals surface area contributed by atoms with Crippen LogP contribution >= 0.6 is 0 Å². The summed E-state index contributed by atoms with van der Waals surface area (Å²) in [6.45, 7) is 0. The molecule has 0 N–H and O–H groups in total. The van der Waals surface area contributed by atoms with Gasteiger partial charge in [-0.25, -0.2) is 0 Å². The molecule has 0 radical (unpaired) electrons. The standard InChI is InChI=1S/C16H9F3N2O/c17-16(18,19)12-5-3-4-10-8-11(9-21-14(10)12)15(22)13-6-1-2-7-20-13/h1-9H.